The third-order valence-electron chi connectivity index (χ3n) is 8.28. The predicted molar refractivity (Wildman–Crippen MR) is 158 cm³/mol. The van der Waals surface area contributed by atoms with E-state index in [0.717, 1.165) is 22.3 Å². The zero-order valence-electron chi connectivity index (χ0n) is 22.9. The smallest absolute Gasteiger partial charge is 0.291 e. The highest BCUT2D eigenvalue weighted by Crippen LogP contribution is 2.53. The molecule has 0 N–H and O–H groups in total. The van der Waals surface area contributed by atoms with Crippen molar-refractivity contribution in [3.8, 4) is 0 Å². The van der Waals surface area contributed by atoms with Gasteiger partial charge < -0.3 is 14.2 Å². The van der Waals surface area contributed by atoms with Crippen LogP contribution < -0.4 is 10.3 Å². The van der Waals surface area contributed by atoms with E-state index in [4.69, 9.17) is 4.42 Å². The zero-order chi connectivity index (χ0) is 28.3. The van der Waals surface area contributed by atoms with Gasteiger partial charge in [0, 0.05) is 12.1 Å². The predicted octanol–water partition coefficient (Wildman–Crippen LogP) is 5.90. The van der Waals surface area contributed by atoms with Crippen LogP contribution in [0, 0.1) is 13.8 Å². The molecule has 1 atom stereocenters. The van der Waals surface area contributed by atoms with E-state index < -0.39 is 11.4 Å². The molecule has 7 rings (SSSR count). The molecule has 202 valence electrons. The summed E-state index contributed by atoms with van der Waals surface area (Å²) in [5, 5.41) is 0.364. The first kappa shape index (κ1) is 25.0. The largest absolute Gasteiger partial charge is 0.450 e. The number of para-hydroxylation sites is 1. The molecule has 0 aliphatic carbocycles. The highest BCUT2D eigenvalue weighted by Gasteiger charge is 2.64. The van der Waals surface area contributed by atoms with Crippen molar-refractivity contribution >= 4 is 28.5 Å². The summed E-state index contributed by atoms with van der Waals surface area (Å²) in [5.41, 5.74) is 3.76. The number of rotatable bonds is 5. The van der Waals surface area contributed by atoms with Crippen molar-refractivity contribution in [2.75, 3.05) is 11.4 Å². The fourth-order valence-corrected chi connectivity index (χ4v) is 6.44. The van der Waals surface area contributed by atoms with Crippen LogP contribution in [0.4, 0.5) is 5.69 Å². The van der Waals surface area contributed by atoms with E-state index in [0.29, 0.717) is 35.2 Å². The number of anilines is 1. The lowest BCUT2D eigenvalue weighted by Crippen LogP contribution is -2.53. The topological polar surface area (TPSA) is 70.8 Å². The number of hydrogen-bond donors (Lipinski definition) is 0. The molecule has 4 aromatic carbocycles. The van der Waals surface area contributed by atoms with Gasteiger partial charge in [0.15, 0.2) is 11.0 Å². The van der Waals surface area contributed by atoms with E-state index >= 15 is 0 Å². The average Bonchev–Trinajstić information content (AvgIpc) is 3.37. The van der Waals surface area contributed by atoms with Crippen LogP contribution in [0.25, 0.3) is 11.0 Å². The first-order valence-corrected chi connectivity index (χ1v) is 13.8. The van der Waals surface area contributed by atoms with E-state index in [1.807, 2.05) is 98.8 Å². The van der Waals surface area contributed by atoms with Gasteiger partial charge in [0.1, 0.15) is 5.58 Å². The molecule has 0 fully saturated rings. The minimum absolute atomic E-state index is 0.0556. The lowest BCUT2D eigenvalue weighted by molar-refractivity contribution is -0.126. The van der Waals surface area contributed by atoms with Gasteiger partial charge in [-0.05, 0) is 49.6 Å². The van der Waals surface area contributed by atoms with Gasteiger partial charge in [0.2, 0.25) is 5.76 Å². The Hall–Kier alpha value is -4.97. The first-order chi connectivity index (χ1) is 19.9. The molecule has 0 saturated carbocycles. The number of hydrogen-bond acceptors (Lipinski definition) is 4. The Morgan fingerprint density at radius 3 is 2.29 bits per heavy atom. The van der Waals surface area contributed by atoms with E-state index in [-0.39, 0.29) is 29.2 Å². The van der Waals surface area contributed by atoms with Crippen LogP contribution >= 0.6 is 0 Å². The van der Waals surface area contributed by atoms with E-state index in [2.05, 4.69) is 0 Å². The van der Waals surface area contributed by atoms with Gasteiger partial charge in [-0.25, -0.2) is 0 Å². The highest BCUT2D eigenvalue weighted by atomic mass is 16.3. The third-order valence-corrected chi connectivity index (χ3v) is 8.28. The molecule has 0 radical (unpaired) electrons. The first-order valence-electron chi connectivity index (χ1n) is 13.8. The van der Waals surface area contributed by atoms with Crippen molar-refractivity contribution in [2.45, 2.75) is 32.4 Å². The van der Waals surface area contributed by atoms with Crippen LogP contribution in [0.3, 0.4) is 0 Å². The second-order valence-electron chi connectivity index (χ2n) is 10.9. The molecule has 2 amide bonds. The molecule has 3 heterocycles. The summed E-state index contributed by atoms with van der Waals surface area (Å²) in [7, 11) is 0. The van der Waals surface area contributed by atoms with Crippen LogP contribution in [-0.4, -0.2) is 23.3 Å². The third kappa shape index (κ3) is 3.67. The van der Waals surface area contributed by atoms with Crippen LogP contribution in [0.5, 0.6) is 0 Å². The van der Waals surface area contributed by atoms with Crippen molar-refractivity contribution in [1.82, 2.24) is 4.90 Å². The highest BCUT2D eigenvalue weighted by molar-refractivity contribution is 6.17. The lowest BCUT2D eigenvalue weighted by Gasteiger charge is -2.34. The number of fused-ring (bicyclic) bond motifs is 5. The van der Waals surface area contributed by atoms with Gasteiger partial charge in [-0.1, -0.05) is 90.0 Å². The molecule has 0 bridgehead atoms. The Bertz CT molecular complexity index is 1930. The molecule has 0 saturated heterocycles. The van der Waals surface area contributed by atoms with E-state index in [1.54, 1.807) is 21.9 Å². The summed E-state index contributed by atoms with van der Waals surface area (Å²) in [6.07, 6.45) is 0.516. The Labute approximate surface area is 237 Å². The maximum Gasteiger partial charge on any atom is 0.291 e. The number of aryl methyl sites for hydroxylation is 2. The monoisotopic (exact) mass is 540 g/mol. The molecule has 41 heavy (non-hydrogen) atoms. The van der Waals surface area contributed by atoms with Gasteiger partial charge in [-0.3, -0.25) is 14.4 Å². The Kier molecular flexibility index (Phi) is 5.68. The minimum atomic E-state index is -1.62. The maximum absolute atomic E-state index is 14.9. The lowest BCUT2D eigenvalue weighted by atomic mass is 9.83. The van der Waals surface area contributed by atoms with Gasteiger partial charge in [0.25, 0.3) is 11.8 Å². The number of nitrogens with zero attached hydrogens (tertiary/aromatic N) is 2. The number of amides is 2. The summed E-state index contributed by atoms with van der Waals surface area (Å²) in [4.78, 5) is 46.8. The average molecular weight is 541 g/mol. The van der Waals surface area contributed by atoms with Crippen molar-refractivity contribution in [3.05, 3.63) is 146 Å². The minimum Gasteiger partial charge on any atom is -0.450 e. The molecule has 2 aliphatic heterocycles. The number of carbonyl (C=O) groups is 2. The Morgan fingerprint density at radius 2 is 1.49 bits per heavy atom. The molecule has 1 unspecified atom stereocenters. The Balaban J connectivity index is 1.47. The molecule has 1 aromatic heterocycles. The second kappa shape index (κ2) is 9.30. The fourth-order valence-electron chi connectivity index (χ4n) is 6.44. The molecular formula is C35H28N2O4. The van der Waals surface area contributed by atoms with Crippen molar-refractivity contribution < 1.29 is 14.0 Å². The number of benzene rings is 4. The second-order valence-corrected chi connectivity index (χ2v) is 10.9. The summed E-state index contributed by atoms with van der Waals surface area (Å²) >= 11 is 0. The number of carbonyl (C=O) groups excluding carboxylic acids is 2. The summed E-state index contributed by atoms with van der Waals surface area (Å²) in [6.45, 7) is 4.46. The van der Waals surface area contributed by atoms with Crippen molar-refractivity contribution in [1.29, 1.82) is 0 Å². The van der Waals surface area contributed by atoms with Crippen molar-refractivity contribution in [2.24, 2.45) is 0 Å². The summed E-state index contributed by atoms with van der Waals surface area (Å²) in [5.74, 6) is -0.823. The molecule has 6 heteroatoms. The summed E-state index contributed by atoms with van der Waals surface area (Å²) < 4.78 is 6.19. The molecule has 1 spiro atoms. The van der Waals surface area contributed by atoms with E-state index in [9.17, 15) is 14.4 Å². The summed E-state index contributed by atoms with van der Waals surface area (Å²) in [6, 6.07) is 30.7. The van der Waals surface area contributed by atoms with Crippen molar-refractivity contribution in [3.63, 3.8) is 0 Å². The normalized spacial score (nSPS) is 17.5. The fraction of sp³-hybridized carbons (Fsp3) is 0.171. The van der Waals surface area contributed by atoms with Gasteiger partial charge in [0.05, 0.1) is 23.2 Å². The Morgan fingerprint density at radius 1 is 0.756 bits per heavy atom. The zero-order valence-corrected chi connectivity index (χ0v) is 22.9. The van der Waals surface area contributed by atoms with Crippen LogP contribution in [0.15, 0.2) is 106 Å². The van der Waals surface area contributed by atoms with Crippen LogP contribution in [0.2, 0.25) is 0 Å². The SMILES string of the molecule is Cc1cccc(CN2C(=O)C3(c4ccccc42)c2c(oc4ccc(C)cc4c2=O)C(=O)N3CCc2ccccc2)c1. The van der Waals surface area contributed by atoms with Gasteiger partial charge >= 0.3 is 0 Å². The van der Waals surface area contributed by atoms with Crippen LogP contribution in [-0.2, 0) is 23.3 Å². The molecule has 5 aromatic rings. The van der Waals surface area contributed by atoms with E-state index in [1.165, 1.54) is 0 Å². The van der Waals surface area contributed by atoms with Gasteiger partial charge in [-0.2, -0.15) is 0 Å². The molecule has 2 aliphatic rings. The standard InChI is InChI=1S/C35H28N2O4/c1-22-9-8-12-25(19-22)21-36-28-14-7-6-13-27(28)35(34(36)40)30-31(38)26-20-23(2)15-16-29(26)41-32(30)33(39)37(35)18-17-24-10-4-3-5-11-24/h3-16,19-20H,17-18,21H2,1-2H3. The van der Waals surface area contributed by atoms with Crippen LogP contribution in [0.1, 0.15) is 43.9 Å². The molecular weight excluding hydrogens is 512 g/mol. The maximum atomic E-state index is 14.9. The van der Waals surface area contributed by atoms with Gasteiger partial charge in [-0.15, -0.1) is 0 Å². The quantitative estimate of drug-likeness (QED) is 0.278. The molecule has 6 nitrogen and oxygen atoms in total.